The summed E-state index contributed by atoms with van der Waals surface area (Å²) < 4.78 is 13.9. The van der Waals surface area contributed by atoms with Crippen LogP contribution >= 0.6 is 0 Å². The second kappa shape index (κ2) is 5.67. The van der Waals surface area contributed by atoms with Gasteiger partial charge in [0, 0.05) is 37.0 Å². The van der Waals surface area contributed by atoms with Crippen LogP contribution in [0.25, 0.3) is 0 Å². The lowest BCUT2D eigenvalue weighted by molar-refractivity contribution is 0.263. The molecule has 0 amide bonds. The number of rotatable bonds is 4. The van der Waals surface area contributed by atoms with Gasteiger partial charge in [0.1, 0.15) is 5.82 Å². The quantitative estimate of drug-likeness (QED) is 0.862. The van der Waals surface area contributed by atoms with Crippen LogP contribution in [0.15, 0.2) is 18.2 Å². The molecule has 1 aliphatic heterocycles. The Hall–Kier alpha value is -1.13. The summed E-state index contributed by atoms with van der Waals surface area (Å²) in [5.74, 6) is 0.271. The third-order valence-electron chi connectivity index (χ3n) is 3.65. The molecule has 1 aromatic carbocycles. The zero-order valence-electron chi connectivity index (χ0n) is 10.8. The zero-order valence-corrected chi connectivity index (χ0v) is 10.8. The molecule has 1 saturated heterocycles. The van der Waals surface area contributed by atoms with Crippen LogP contribution in [-0.2, 0) is 0 Å². The Kier molecular flexibility index (Phi) is 4.19. The molecule has 3 N–H and O–H groups in total. The average molecular weight is 252 g/mol. The van der Waals surface area contributed by atoms with Gasteiger partial charge in [-0.1, -0.05) is 6.07 Å². The summed E-state index contributed by atoms with van der Waals surface area (Å²) in [5, 5.41) is 8.97. The molecule has 0 saturated carbocycles. The first-order valence-electron chi connectivity index (χ1n) is 6.53. The summed E-state index contributed by atoms with van der Waals surface area (Å²) in [6.07, 6.45) is 1.87. The highest BCUT2D eigenvalue weighted by Crippen LogP contribution is 2.32. The Labute approximate surface area is 107 Å². The Morgan fingerprint density at radius 1 is 1.56 bits per heavy atom. The SMILES string of the molecule is C[C@@H](N)c1c(F)cccc1N1CCC(CCO)C1. The van der Waals surface area contributed by atoms with Crippen molar-refractivity contribution in [3.8, 4) is 0 Å². The van der Waals surface area contributed by atoms with Crippen molar-refractivity contribution in [1.29, 1.82) is 0 Å². The van der Waals surface area contributed by atoms with Crippen LogP contribution in [-0.4, -0.2) is 24.8 Å². The van der Waals surface area contributed by atoms with E-state index in [1.807, 2.05) is 13.0 Å². The number of aliphatic hydroxyl groups is 1. The van der Waals surface area contributed by atoms with Crippen molar-refractivity contribution in [2.24, 2.45) is 11.7 Å². The number of hydrogen-bond acceptors (Lipinski definition) is 3. The Balaban J connectivity index is 2.21. The van der Waals surface area contributed by atoms with Crippen LogP contribution in [0.4, 0.5) is 10.1 Å². The minimum Gasteiger partial charge on any atom is -0.396 e. The fourth-order valence-electron chi connectivity index (χ4n) is 2.72. The molecule has 1 heterocycles. The Morgan fingerprint density at radius 3 is 3.00 bits per heavy atom. The standard InChI is InChI=1S/C14H21FN2O/c1-10(16)14-12(15)3-2-4-13(14)17-7-5-11(9-17)6-8-18/h2-4,10-11,18H,5-9,16H2,1H3/t10-,11?/m1/s1. The van der Waals surface area contributed by atoms with E-state index in [0.29, 0.717) is 11.5 Å². The maximum atomic E-state index is 13.9. The smallest absolute Gasteiger partial charge is 0.130 e. The Bertz CT molecular complexity index is 409. The summed E-state index contributed by atoms with van der Waals surface area (Å²) >= 11 is 0. The van der Waals surface area contributed by atoms with Gasteiger partial charge < -0.3 is 15.7 Å². The molecule has 1 aromatic rings. The first-order valence-corrected chi connectivity index (χ1v) is 6.53. The second-order valence-corrected chi connectivity index (χ2v) is 5.07. The van der Waals surface area contributed by atoms with Crippen molar-refractivity contribution in [3.63, 3.8) is 0 Å². The molecule has 1 fully saturated rings. The van der Waals surface area contributed by atoms with Gasteiger partial charge in [0.2, 0.25) is 0 Å². The van der Waals surface area contributed by atoms with E-state index >= 15 is 0 Å². The molecule has 2 rings (SSSR count). The van der Waals surface area contributed by atoms with Gasteiger partial charge in [0.15, 0.2) is 0 Å². The lowest BCUT2D eigenvalue weighted by atomic mass is 10.0. The van der Waals surface area contributed by atoms with Gasteiger partial charge in [0.25, 0.3) is 0 Å². The normalized spacial score (nSPS) is 21.3. The molecule has 100 valence electrons. The summed E-state index contributed by atoms with van der Waals surface area (Å²) in [6.45, 7) is 3.82. The topological polar surface area (TPSA) is 49.5 Å². The van der Waals surface area contributed by atoms with Gasteiger partial charge in [-0.25, -0.2) is 4.39 Å². The molecule has 0 radical (unpaired) electrons. The van der Waals surface area contributed by atoms with E-state index in [4.69, 9.17) is 10.8 Å². The monoisotopic (exact) mass is 252 g/mol. The molecule has 0 spiro atoms. The minimum absolute atomic E-state index is 0.224. The van der Waals surface area contributed by atoms with Crippen molar-refractivity contribution in [3.05, 3.63) is 29.6 Å². The van der Waals surface area contributed by atoms with E-state index in [1.165, 1.54) is 6.07 Å². The summed E-state index contributed by atoms with van der Waals surface area (Å²) in [5.41, 5.74) is 7.38. The summed E-state index contributed by atoms with van der Waals surface area (Å²) in [7, 11) is 0. The molecule has 1 unspecified atom stereocenters. The fraction of sp³-hybridized carbons (Fsp3) is 0.571. The van der Waals surface area contributed by atoms with Crippen LogP contribution in [0.1, 0.15) is 31.4 Å². The van der Waals surface area contributed by atoms with Crippen molar-refractivity contribution >= 4 is 5.69 Å². The average Bonchev–Trinajstić information content (AvgIpc) is 2.77. The van der Waals surface area contributed by atoms with E-state index < -0.39 is 0 Å². The van der Waals surface area contributed by atoms with Gasteiger partial charge in [-0.3, -0.25) is 0 Å². The van der Waals surface area contributed by atoms with E-state index in [0.717, 1.165) is 31.6 Å². The molecule has 18 heavy (non-hydrogen) atoms. The largest absolute Gasteiger partial charge is 0.396 e. The number of nitrogens with two attached hydrogens (primary N) is 1. The van der Waals surface area contributed by atoms with Gasteiger partial charge in [-0.15, -0.1) is 0 Å². The fourth-order valence-corrected chi connectivity index (χ4v) is 2.72. The number of nitrogens with zero attached hydrogens (tertiary/aromatic N) is 1. The van der Waals surface area contributed by atoms with Gasteiger partial charge in [-0.2, -0.15) is 0 Å². The molecule has 4 heteroatoms. The van der Waals surface area contributed by atoms with E-state index in [1.54, 1.807) is 6.07 Å². The van der Waals surface area contributed by atoms with Crippen LogP contribution in [0.3, 0.4) is 0 Å². The maximum Gasteiger partial charge on any atom is 0.130 e. The number of benzene rings is 1. The lowest BCUT2D eigenvalue weighted by Crippen LogP contribution is -2.23. The number of hydrogen-bond donors (Lipinski definition) is 2. The van der Waals surface area contributed by atoms with Crippen molar-refractivity contribution in [1.82, 2.24) is 0 Å². The number of halogens is 1. The number of anilines is 1. The highest BCUT2D eigenvalue weighted by Gasteiger charge is 2.25. The molecule has 0 aliphatic carbocycles. The van der Waals surface area contributed by atoms with Crippen molar-refractivity contribution in [2.75, 3.05) is 24.6 Å². The number of aliphatic hydroxyl groups excluding tert-OH is 1. The maximum absolute atomic E-state index is 13.9. The third kappa shape index (κ3) is 2.65. The van der Waals surface area contributed by atoms with Crippen LogP contribution in [0.5, 0.6) is 0 Å². The second-order valence-electron chi connectivity index (χ2n) is 5.07. The summed E-state index contributed by atoms with van der Waals surface area (Å²) in [6, 6.07) is 4.82. The predicted octanol–water partition coefficient (Wildman–Crippen LogP) is 2.05. The minimum atomic E-state index is -0.307. The van der Waals surface area contributed by atoms with Gasteiger partial charge >= 0.3 is 0 Å². The van der Waals surface area contributed by atoms with Crippen molar-refractivity contribution < 1.29 is 9.50 Å². The predicted molar refractivity (Wildman–Crippen MR) is 71.0 cm³/mol. The molecule has 3 nitrogen and oxygen atoms in total. The first-order chi connectivity index (χ1) is 8.63. The molecule has 0 bridgehead atoms. The van der Waals surface area contributed by atoms with Gasteiger partial charge in [0.05, 0.1) is 0 Å². The van der Waals surface area contributed by atoms with E-state index in [2.05, 4.69) is 4.90 Å². The lowest BCUT2D eigenvalue weighted by Gasteiger charge is -2.24. The highest BCUT2D eigenvalue weighted by atomic mass is 19.1. The molecule has 2 atom stereocenters. The van der Waals surface area contributed by atoms with Crippen molar-refractivity contribution in [2.45, 2.75) is 25.8 Å². The van der Waals surface area contributed by atoms with E-state index in [9.17, 15) is 4.39 Å². The van der Waals surface area contributed by atoms with Crippen LogP contribution < -0.4 is 10.6 Å². The third-order valence-corrected chi connectivity index (χ3v) is 3.65. The zero-order chi connectivity index (χ0) is 13.1. The summed E-state index contributed by atoms with van der Waals surface area (Å²) in [4.78, 5) is 2.18. The molecule has 1 aliphatic rings. The van der Waals surface area contributed by atoms with E-state index in [-0.39, 0.29) is 18.5 Å². The molecular formula is C14H21FN2O. The van der Waals surface area contributed by atoms with Gasteiger partial charge in [-0.05, 0) is 37.8 Å². The first kappa shape index (κ1) is 13.3. The van der Waals surface area contributed by atoms with Crippen LogP contribution in [0.2, 0.25) is 0 Å². The highest BCUT2D eigenvalue weighted by molar-refractivity contribution is 5.56. The molecule has 0 aromatic heterocycles. The van der Waals surface area contributed by atoms with Crippen LogP contribution in [0, 0.1) is 11.7 Å². The Morgan fingerprint density at radius 2 is 2.33 bits per heavy atom. The molecular weight excluding hydrogens is 231 g/mol.